The van der Waals surface area contributed by atoms with Crippen LogP contribution >= 0.6 is 22.7 Å². The molecule has 0 spiro atoms. The summed E-state index contributed by atoms with van der Waals surface area (Å²) in [5.74, 6) is -0.599. The van der Waals surface area contributed by atoms with Crippen LogP contribution in [0.25, 0.3) is 0 Å². The second-order valence-electron chi connectivity index (χ2n) is 6.83. The Morgan fingerprint density at radius 3 is 2.63 bits per heavy atom. The third-order valence-corrected chi connectivity index (χ3v) is 9.38. The van der Waals surface area contributed by atoms with Crippen molar-refractivity contribution in [2.75, 3.05) is 26.7 Å². The minimum atomic E-state index is -3.67. The molecule has 0 saturated carbocycles. The first-order chi connectivity index (χ1) is 13.0. The van der Waals surface area contributed by atoms with Gasteiger partial charge in [-0.15, -0.1) is 22.7 Å². The number of nitrogens with zero attached hydrogens (tertiary/aromatic N) is 2. The summed E-state index contributed by atoms with van der Waals surface area (Å²) in [5, 5.41) is 3.78. The van der Waals surface area contributed by atoms with Gasteiger partial charge in [-0.25, -0.2) is 13.2 Å². The number of esters is 1. The lowest BCUT2D eigenvalue weighted by atomic mass is 10.0. The van der Waals surface area contributed by atoms with Crippen LogP contribution in [0.2, 0.25) is 0 Å². The zero-order valence-electron chi connectivity index (χ0n) is 15.1. The van der Waals surface area contributed by atoms with E-state index < -0.39 is 16.0 Å². The number of thiophene rings is 2. The van der Waals surface area contributed by atoms with Crippen LogP contribution in [0.4, 0.5) is 0 Å². The molecule has 2 aliphatic rings. The van der Waals surface area contributed by atoms with Crippen LogP contribution in [0.5, 0.6) is 0 Å². The van der Waals surface area contributed by atoms with E-state index >= 15 is 0 Å². The number of rotatable bonds is 4. The van der Waals surface area contributed by atoms with Gasteiger partial charge in [-0.2, -0.15) is 4.31 Å². The Hall–Kier alpha value is -1.26. The van der Waals surface area contributed by atoms with Crippen LogP contribution in [-0.2, 0) is 27.7 Å². The first-order valence-corrected chi connectivity index (χ1v) is 12.2. The van der Waals surface area contributed by atoms with Gasteiger partial charge in [0.25, 0.3) is 0 Å². The fourth-order valence-electron chi connectivity index (χ4n) is 3.91. The van der Waals surface area contributed by atoms with Gasteiger partial charge >= 0.3 is 5.97 Å². The molecule has 1 saturated heterocycles. The number of hydrogen-bond donors (Lipinski definition) is 0. The molecule has 4 heterocycles. The van der Waals surface area contributed by atoms with Crippen molar-refractivity contribution in [3.8, 4) is 0 Å². The van der Waals surface area contributed by atoms with Gasteiger partial charge in [0.15, 0.2) is 0 Å². The van der Waals surface area contributed by atoms with Crippen molar-refractivity contribution in [2.24, 2.45) is 0 Å². The van der Waals surface area contributed by atoms with Crippen molar-refractivity contribution in [3.63, 3.8) is 0 Å². The normalized spacial score (nSPS) is 19.7. The minimum absolute atomic E-state index is 0.0682. The molecule has 0 atom stereocenters. The summed E-state index contributed by atoms with van der Waals surface area (Å²) in [5.41, 5.74) is 1.42. The molecule has 27 heavy (non-hydrogen) atoms. The molecule has 2 aromatic rings. The molecule has 1 fully saturated rings. The van der Waals surface area contributed by atoms with Crippen LogP contribution in [0.3, 0.4) is 0 Å². The summed E-state index contributed by atoms with van der Waals surface area (Å²) >= 11 is 2.93. The molecule has 0 bridgehead atoms. The van der Waals surface area contributed by atoms with E-state index in [4.69, 9.17) is 4.74 Å². The summed E-state index contributed by atoms with van der Waals surface area (Å²) in [7, 11) is -2.41. The average molecular weight is 427 g/mol. The van der Waals surface area contributed by atoms with E-state index in [1.54, 1.807) is 5.38 Å². The fraction of sp³-hybridized carbons (Fsp3) is 0.500. The zero-order valence-corrected chi connectivity index (χ0v) is 17.5. The van der Waals surface area contributed by atoms with E-state index in [2.05, 4.69) is 16.3 Å². The minimum Gasteiger partial charge on any atom is -0.465 e. The molecular formula is C18H22N2O4S3. The predicted molar refractivity (Wildman–Crippen MR) is 106 cm³/mol. The average Bonchev–Trinajstić information content (AvgIpc) is 3.36. The third-order valence-electron chi connectivity index (χ3n) is 5.39. The van der Waals surface area contributed by atoms with Crippen LogP contribution in [0.15, 0.2) is 27.8 Å². The Kier molecular flexibility index (Phi) is 5.39. The van der Waals surface area contributed by atoms with Gasteiger partial charge < -0.3 is 4.74 Å². The Balaban J connectivity index is 1.43. The zero-order chi connectivity index (χ0) is 19.0. The molecule has 0 radical (unpaired) electrons. The molecule has 2 aliphatic heterocycles. The number of carbonyl (C=O) groups is 1. The Morgan fingerprint density at radius 1 is 1.15 bits per heavy atom. The molecule has 0 N–H and O–H groups in total. The summed E-state index contributed by atoms with van der Waals surface area (Å²) in [6, 6.07) is 4.12. The maximum absolute atomic E-state index is 13.0. The van der Waals surface area contributed by atoms with Gasteiger partial charge in [0.1, 0.15) is 9.77 Å². The van der Waals surface area contributed by atoms with Crippen molar-refractivity contribution >= 4 is 38.7 Å². The molecule has 0 aromatic carbocycles. The van der Waals surface area contributed by atoms with Crippen molar-refractivity contribution in [1.29, 1.82) is 0 Å². The van der Waals surface area contributed by atoms with Gasteiger partial charge in [0.05, 0.1) is 7.11 Å². The van der Waals surface area contributed by atoms with E-state index in [1.165, 1.54) is 27.9 Å². The van der Waals surface area contributed by atoms with Gasteiger partial charge in [-0.3, -0.25) is 4.90 Å². The molecule has 9 heteroatoms. The van der Waals surface area contributed by atoms with Crippen molar-refractivity contribution in [1.82, 2.24) is 9.21 Å². The summed E-state index contributed by atoms with van der Waals surface area (Å²) in [6.07, 6.45) is 2.72. The number of methoxy groups -OCH3 is 1. The lowest BCUT2D eigenvalue weighted by Gasteiger charge is -2.39. The van der Waals surface area contributed by atoms with E-state index in [0.29, 0.717) is 19.1 Å². The molecular weight excluding hydrogens is 404 g/mol. The van der Waals surface area contributed by atoms with Crippen LogP contribution in [-0.4, -0.2) is 56.4 Å². The summed E-state index contributed by atoms with van der Waals surface area (Å²) in [6.45, 7) is 2.97. The van der Waals surface area contributed by atoms with E-state index in [-0.39, 0.29) is 9.77 Å². The molecule has 146 valence electrons. The third kappa shape index (κ3) is 3.58. The second kappa shape index (κ2) is 7.63. The van der Waals surface area contributed by atoms with E-state index in [9.17, 15) is 13.2 Å². The first kappa shape index (κ1) is 19.1. The highest BCUT2D eigenvalue weighted by Crippen LogP contribution is 2.31. The summed E-state index contributed by atoms with van der Waals surface area (Å²) < 4.78 is 32.3. The van der Waals surface area contributed by atoms with Gasteiger partial charge in [-0.1, -0.05) is 0 Å². The van der Waals surface area contributed by atoms with E-state index in [1.807, 2.05) is 11.3 Å². The van der Waals surface area contributed by atoms with Gasteiger partial charge in [0.2, 0.25) is 10.0 Å². The smallest absolute Gasteiger partial charge is 0.349 e. The largest absolute Gasteiger partial charge is 0.465 e. The lowest BCUT2D eigenvalue weighted by Crippen LogP contribution is -2.47. The SMILES string of the molecule is COC(=O)c1sccc1S(=O)(=O)N1CCC(N2CCc3sccc3C2)CC1. The highest BCUT2D eigenvalue weighted by atomic mass is 32.2. The standard InChI is InChI=1S/C18H22N2O4S3/c1-24-18(21)17-16(6-11-26-17)27(22,23)20-8-2-14(3-9-20)19-7-4-15-13(12-19)5-10-25-15/h5-6,10-11,14H,2-4,7-9,12H2,1H3. The van der Waals surface area contributed by atoms with Crippen molar-refractivity contribution in [3.05, 3.63) is 38.2 Å². The number of ether oxygens (including phenoxy) is 1. The van der Waals surface area contributed by atoms with Crippen LogP contribution in [0, 0.1) is 0 Å². The molecule has 6 nitrogen and oxygen atoms in total. The molecule has 0 amide bonds. The Bertz CT molecular complexity index is 926. The van der Waals surface area contributed by atoms with Crippen molar-refractivity contribution < 1.29 is 17.9 Å². The number of carbonyl (C=O) groups excluding carboxylic acids is 1. The number of piperidine rings is 1. The molecule has 0 aliphatic carbocycles. The highest BCUT2D eigenvalue weighted by Gasteiger charge is 2.35. The Labute approximate surface area is 167 Å². The van der Waals surface area contributed by atoms with Crippen LogP contribution < -0.4 is 0 Å². The first-order valence-electron chi connectivity index (χ1n) is 8.96. The molecule has 2 aromatic heterocycles. The van der Waals surface area contributed by atoms with Crippen molar-refractivity contribution in [2.45, 2.75) is 36.7 Å². The number of hydrogen-bond acceptors (Lipinski definition) is 7. The number of fused-ring (bicyclic) bond motifs is 1. The highest BCUT2D eigenvalue weighted by molar-refractivity contribution is 7.89. The quantitative estimate of drug-likeness (QED) is 0.704. The summed E-state index contributed by atoms with van der Waals surface area (Å²) in [4.78, 5) is 16.1. The molecule has 0 unspecified atom stereocenters. The maximum atomic E-state index is 13.0. The number of sulfonamides is 1. The lowest BCUT2D eigenvalue weighted by molar-refractivity contribution is 0.0602. The second-order valence-corrected chi connectivity index (χ2v) is 10.7. The topological polar surface area (TPSA) is 66.9 Å². The maximum Gasteiger partial charge on any atom is 0.349 e. The fourth-order valence-corrected chi connectivity index (χ4v) is 7.58. The Morgan fingerprint density at radius 2 is 1.89 bits per heavy atom. The van der Waals surface area contributed by atoms with Gasteiger partial charge in [0, 0.05) is 37.1 Å². The van der Waals surface area contributed by atoms with E-state index in [0.717, 1.165) is 43.7 Å². The van der Waals surface area contributed by atoms with Crippen LogP contribution in [0.1, 0.15) is 33.0 Å². The predicted octanol–water partition coefficient (Wildman–Crippen LogP) is 2.81. The van der Waals surface area contributed by atoms with Gasteiger partial charge in [-0.05, 0) is 47.7 Å². The molecule has 4 rings (SSSR count). The monoisotopic (exact) mass is 426 g/mol.